The first-order chi connectivity index (χ1) is 11.7. The minimum atomic E-state index is -0.231. The minimum absolute atomic E-state index is 0.0132. The van der Waals surface area contributed by atoms with Crippen molar-refractivity contribution in [2.45, 2.75) is 12.3 Å². The van der Waals surface area contributed by atoms with Crippen molar-refractivity contribution in [3.05, 3.63) is 71.5 Å². The summed E-state index contributed by atoms with van der Waals surface area (Å²) in [5.74, 6) is -0.447. The topological polar surface area (TPSA) is 42.0 Å². The highest BCUT2D eigenvalue weighted by atomic mass is 32.1. The van der Waals surface area contributed by atoms with E-state index in [4.69, 9.17) is 0 Å². The quantitative estimate of drug-likeness (QED) is 0.750. The van der Waals surface area contributed by atoms with Crippen LogP contribution in [0.2, 0.25) is 0 Å². The van der Waals surface area contributed by atoms with Crippen LogP contribution >= 0.6 is 11.3 Å². The van der Waals surface area contributed by atoms with Crippen molar-refractivity contribution in [2.75, 3.05) is 5.32 Å². The van der Waals surface area contributed by atoms with Crippen molar-refractivity contribution in [1.82, 2.24) is 4.98 Å². The lowest BCUT2D eigenvalue weighted by Crippen LogP contribution is -2.14. The molecule has 0 radical (unpaired) electrons. The number of hydrogen-bond acceptors (Lipinski definition) is 3. The third-order valence-corrected chi connectivity index (χ3v) is 5.09. The molecule has 4 rings (SSSR count). The average Bonchev–Trinajstić information content (AvgIpc) is 3.20. The zero-order valence-electron chi connectivity index (χ0n) is 12.8. The number of anilines is 1. The van der Waals surface area contributed by atoms with Crippen molar-refractivity contribution in [1.29, 1.82) is 0 Å². The molecular weight excluding hydrogens is 323 g/mol. The fourth-order valence-corrected chi connectivity index (χ4v) is 3.55. The van der Waals surface area contributed by atoms with Crippen LogP contribution in [0.1, 0.15) is 17.9 Å². The molecule has 1 saturated carbocycles. The van der Waals surface area contributed by atoms with Crippen LogP contribution in [-0.2, 0) is 4.79 Å². The molecular formula is C19H15FN2OS. The zero-order valence-corrected chi connectivity index (χ0v) is 13.6. The SMILES string of the molecule is O=C(Nc1ccc(-c2nccs2)cc1)C1CC1c1ccccc1F. The fourth-order valence-electron chi connectivity index (χ4n) is 2.90. The summed E-state index contributed by atoms with van der Waals surface area (Å²) < 4.78 is 13.8. The molecule has 1 heterocycles. The van der Waals surface area contributed by atoms with E-state index < -0.39 is 0 Å². The first kappa shape index (κ1) is 15.0. The number of thiazole rings is 1. The maximum absolute atomic E-state index is 13.8. The molecule has 1 fully saturated rings. The number of amides is 1. The number of carbonyl (C=O) groups is 1. The summed E-state index contributed by atoms with van der Waals surface area (Å²) in [5, 5.41) is 5.80. The van der Waals surface area contributed by atoms with E-state index in [9.17, 15) is 9.18 Å². The van der Waals surface area contributed by atoms with Gasteiger partial charge in [0, 0.05) is 28.7 Å². The molecule has 5 heteroatoms. The van der Waals surface area contributed by atoms with E-state index in [-0.39, 0.29) is 23.6 Å². The van der Waals surface area contributed by atoms with E-state index in [2.05, 4.69) is 10.3 Å². The number of halogens is 1. The van der Waals surface area contributed by atoms with Gasteiger partial charge in [0.2, 0.25) is 5.91 Å². The van der Waals surface area contributed by atoms with E-state index in [1.807, 2.05) is 35.7 Å². The van der Waals surface area contributed by atoms with E-state index in [0.717, 1.165) is 16.3 Å². The second-order valence-corrected chi connectivity index (χ2v) is 6.77. The van der Waals surface area contributed by atoms with E-state index in [0.29, 0.717) is 12.0 Å². The van der Waals surface area contributed by atoms with Crippen molar-refractivity contribution in [2.24, 2.45) is 5.92 Å². The van der Waals surface area contributed by atoms with Crippen LogP contribution in [0.5, 0.6) is 0 Å². The summed E-state index contributed by atoms with van der Waals surface area (Å²) >= 11 is 1.58. The molecule has 2 atom stereocenters. The second-order valence-electron chi connectivity index (χ2n) is 5.87. The highest BCUT2D eigenvalue weighted by molar-refractivity contribution is 7.13. The lowest BCUT2D eigenvalue weighted by Gasteiger charge is -2.06. The average molecular weight is 338 g/mol. The van der Waals surface area contributed by atoms with Crippen molar-refractivity contribution in [3.8, 4) is 10.6 Å². The van der Waals surface area contributed by atoms with Gasteiger partial charge in [-0.05, 0) is 48.2 Å². The Hall–Kier alpha value is -2.53. The van der Waals surface area contributed by atoms with Crippen LogP contribution in [0.15, 0.2) is 60.1 Å². The molecule has 1 aliphatic carbocycles. The third-order valence-electron chi connectivity index (χ3n) is 4.26. The fraction of sp³-hybridized carbons (Fsp3) is 0.158. The number of benzene rings is 2. The predicted octanol–water partition coefficient (Wildman–Crippen LogP) is 4.69. The summed E-state index contributed by atoms with van der Waals surface area (Å²) in [4.78, 5) is 16.6. The minimum Gasteiger partial charge on any atom is -0.326 e. The first-order valence-electron chi connectivity index (χ1n) is 7.77. The Morgan fingerprint density at radius 1 is 1.17 bits per heavy atom. The molecule has 2 unspecified atom stereocenters. The number of nitrogens with one attached hydrogen (secondary N) is 1. The molecule has 1 aliphatic rings. The van der Waals surface area contributed by atoms with Gasteiger partial charge in [-0.3, -0.25) is 4.79 Å². The van der Waals surface area contributed by atoms with Crippen LogP contribution in [0.25, 0.3) is 10.6 Å². The molecule has 120 valence electrons. The summed E-state index contributed by atoms with van der Waals surface area (Å²) in [6.45, 7) is 0. The molecule has 24 heavy (non-hydrogen) atoms. The molecule has 3 aromatic rings. The Labute approximate surface area is 143 Å². The Kier molecular flexibility index (Phi) is 3.86. The Morgan fingerprint density at radius 2 is 1.96 bits per heavy atom. The lowest BCUT2D eigenvalue weighted by atomic mass is 10.1. The van der Waals surface area contributed by atoms with E-state index in [1.165, 1.54) is 6.07 Å². The molecule has 0 bridgehead atoms. The summed E-state index contributed by atoms with van der Waals surface area (Å²) in [6.07, 6.45) is 2.47. The van der Waals surface area contributed by atoms with Gasteiger partial charge < -0.3 is 5.32 Å². The van der Waals surface area contributed by atoms with Crippen LogP contribution in [0.3, 0.4) is 0 Å². The molecule has 3 nitrogen and oxygen atoms in total. The molecule has 0 spiro atoms. The number of carbonyl (C=O) groups excluding carboxylic acids is 1. The number of aromatic nitrogens is 1. The number of rotatable bonds is 4. The lowest BCUT2D eigenvalue weighted by molar-refractivity contribution is -0.117. The highest BCUT2D eigenvalue weighted by Gasteiger charge is 2.45. The molecule has 1 amide bonds. The standard InChI is InChI=1S/C19H15FN2OS/c20-17-4-2-1-3-14(17)15-11-16(15)18(23)22-13-7-5-12(6-8-13)19-21-9-10-24-19/h1-10,15-16H,11H2,(H,22,23). The molecule has 1 aromatic heterocycles. The molecule has 0 aliphatic heterocycles. The summed E-state index contributed by atoms with van der Waals surface area (Å²) in [6, 6.07) is 14.3. The van der Waals surface area contributed by atoms with E-state index in [1.54, 1.807) is 29.7 Å². The monoisotopic (exact) mass is 338 g/mol. The zero-order chi connectivity index (χ0) is 16.5. The Morgan fingerprint density at radius 3 is 2.67 bits per heavy atom. The van der Waals surface area contributed by atoms with Gasteiger partial charge in [-0.1, -0.05) is 18.2 Å². The largest absolute Gasteiger partial charge is 0.326 e. The van der Waals surface area contributed by atoms with Crippen molar-refractivity contribution < 1.29 is 9.18 Å². The van der Waals surface area contributed by atoms with Crippen LogP contribution < -0.4 is 5.32 Å². The molecule has 0 saturated heterocycles. The summed E-state index contributed by atoms with van der Waals surface area (Å²) in [5.41, 5.74) is 2.41. The van der Waals surface area contributed by atoms with Crippen LogP contribution in [0.4, 0.5) is 10.1 Å². The van der Waals surface area contributed by atoms with Gasteiger partial charge in [-0.25, -0.2) is 9.37 Å². The van der Waals surface area contributed by atoms with Gasteiger partial charge in [0.1, 0.15) is 10.8 Å². The third kappa shape index (κ3) is 2.95. The van der Waals surface area contributed by atoms with Crippen LogP contribution in [-0.4, -0.2) is 10.9 Å². The van der Waals surface area contributed by atoms with Gasteiger partial charge in [-0.15, -0.1) is 11.3 Å². The number of hydrogen-bond donors (Lipinski definition) is 1. The van der Waals surface area contributed by atoms with Crippen molar-refractivity contribution >= 4 is 22.9 Å². The first-order valence-corrected chi connectivity index (χ1v) is 8.65. The Bertz CT molecular complexity index is 861. The van der Waals surface area contributed by atoms with Crippen LogP contribution in [0, 0.1) is 11.7 Å². The Balaban J connectivity index is 1.41. The van der Waals surface area contributed by atoms with Gasteiger partial charge in [0.05, 0.1) is 0 Å². The van der Waals surface area contributed by atoms with Gasteiger partial charge in [0.15, 0.2) is 0 Å². The molecule has 1 N–H and O–H groups in total. The van der Waals surface area contributed by atoms with Crippen molar-refractivity contribution in [3.63, 3.8) is 0 Å². The molecule has 2 aromatic carbocycles. The number of nitrogens with zero attached hydrogens (tertiary/aromatic N) is 1. The highest BCUT2D eigenvalue weighted by Crippen LogP contribution is 2.48. The van der Waals surface area contributed by atoms with Gasteiger partial charge in [0.25, 0.3) is 0 Å². The smallest absolute Gasteiger partial charge is 0.228 e. The maximum Gasteiger partial charge on any atom is 0.228 e. The maximum atomic E-state index is 13.8. The predicted molar refractivity (Wildman–Crippen MR) is 93.4 cm³/mol. The van der Waals surface area contributed by atoms with E-state index >= 15 is 0 Å². The van der Waals surface area contributed by atoms with Gasteiger partial charge >= 0.3 is 0 Å². The second kappa shape index (κ2) is 6.17. The summed E-state index contributed by atoms with van der Waals surface area (Å²) in [7, 11) is 0. The normalized spacial score (nSPS) is 19.0. The van der Waals surface area contributed by atoms with Gasteiger partial charge in [-0.2, -0.15) is 0 Å².